The van der Waals surface area contributed by atoms with Gasteiger partial charge in [0, 0.05) is 13.0 Å². The highest BCUT2D eigenvalue weighted by atomic mass is 19.1. The third-order valence-electron chi connectivity index (χ3n) is 4.45. The van der Waals surface area contributed by atoms with Crippen molar-refractivity contribution in [1.29, 1.82) is 0 Å². The Labute approximate surface area is 146 Å². The van der Waals surface area contributed by atoms with Gasteiger partial charge in [-0.25, -0.2) is 8.78 Å². The van der Waals surface area contributed by atoms with Gasteiger partial charge in [0.25, 0.3) is 0 Å². The van der Waals surface area contributed by atoms with Gasteiger partial charge in [-0.15, -0.1) is 0 Å². The van der Waals surface area contributed by atoms with Crippen LogP contribution in [0.5, 0.6) is 0 Å². The van der Waals surface area contributed by atoms with E-state index in [1.165, 1.54) is 25.7 Å². The molecule has 1 saturated carbocycles. The summed E-state index contributed by atoms with van der Waals surface area (Å²) in [5.74, 6) is -1.88. The molecular formula is C18H24F2N3O2. The van der Waals surface area contributed by atoms with Crippen molar-refractivity contribution in [3.63, 3.8) is 0 Å². The molecule has 4 N–H and O–H groups in total. The van der Waals surface area contributed by atoms with Crippen LogP contribution in [0.4, 0.5) is 14.5 Å². The lowest BCUT2D eigenvalue weighted by molar-refractivity contribution is -0.125. The smallest absolute Gasteiger partial charge is 0.241 e. The number of hydrogen-bond donors (Lipinski definition) is 3. The monoisotopic (exact) mass is 352 g/mol. The second-order valence-electron chi connectivity index (χ2n) is 6.41. The molecule has 1 fully saturated rings. The zero-order valence-electron chi connectivity index (χ0n) is 14.1. The molecule has 2 rings (SSSR count). The predicted molar refractivity (Wildman–Crippen MR) is 91.5 cm³/mol. The van der Waals surface area contributed by atoms with Gasteiger partial charge in [-0.3, -0.25) is 9.59 Å². The molecule has 1 aliphatic carbocycles. The van der Waals surface area contributed by atoms with Crippen LogP contribution in [0.3, 0.4) is 0 Å². The Morgan fingerprint density at radius 3 is 2.64 bits per heavy atom. The molecule has 5 nitrogen and oxygen atoms in total. The number of nitrogens with two attached hydrogens (primary N) is 1. The molecule has 0 saturated heterocycles. The Morgan fingerprint density at radius 1 is 1.24 bits per heavy atom. The molecule has 0 bridgehead atoms. The Balaban J connectivity index is 1.82. The molecule has 7 heteroatoms. The van der Waals surface area contributed by atoms with Gasteiger partial charge in [-0.05, 0) is 30.5 Å². The average molecular weight is 352 g/mol. The van der Waals surface area contributed by atoms with E-state index in [9.17, 15) is 18.4 Å². The number of halogens is 2. The van der Waals surface area contributed by atoms with Crippen molar-refractivity contribution in [3.05, 3.63) is 36.3 Å². The summed E-state index contributed by atoms with van der Waals surface area (Å²) < 4.78 is 26.7. The Bertz CT molecular complexity index is 604. The lowest BCUT2D eigenvalue weighted by atomic mass is 9.86. The van der Waals surface area contributed by atoms with Crippen molar-refractivity contribution in [2.75, 3.05) is 11.9 Å². The fourth-order valence-electron chi connectivity index (χ4n) is 2.99. The van der Waals surface area contributed by atoms with Crippen LogP contribution in [0, 0.1) is 24.0 Å². The van der Waals surface area contributed by atoms with Gasteiger partial charge in [0.05, 0.1) is 5.69 Å². The molecule has 0 aliphatic heterocycles. The SMILES string of the molecule is NC(=O)[C@H](CNc1cc(F)ccc1F)NC(=O)[CH]CC1CCCCC1. The highest BCUT2D eigenvalue weighted by molar-refractivity contribution is 5.90. The van der Waals surface area contributed by atoms with Crippen LogP contribution in [0.25, 0.3) is 0 Å². The van der Waals surface area contributed by atoms with Gasteiger partial charge in [0.15, 0.2) is 0 Å². The number of hydrogen-bond acceptors (Lipinski definition) is 3. The predicted octanol–water partition coefficient (Wildman–Crippen LogP) is 2.52. The first-order chi connectivity index (χ1) is 12.0. The van der Waals surface area contributed by atoms with E-state index >= 15 is 0 Å². The average Bonchev–Trinajstić information content (AvgIpc) is 2.60. The largest absolute Gasteiger partial charge is 0.380 e. The van der Waals surface area contributed by atoms with Gasteiger partial charge in [0.2, 0.25) is 11.8 Å². The zero-order valence-corrected chi connectivity index (χ0v) is 14.1. The molecule has 0 spiro atoms. The molecule has 1 aromatic rings. The topological polar surface area (TPSA) is 84.2 Å². The maximum absolute atomic E-state index is 13.6. The van der Waals surface area contributed by atoms with Crippen molar-refractivity contribution in [3.8, 4) is 0 Å². The van der Waals surface area contributed by atoms with E-state index < -0.39 is 23.6 Å². The first-order valence-electron chi connectivity index (χ1n) is 8.57. The van der Waals surface area contributed by atoms with Crippen molar-refractivity contribution in [2.45, 2.75) is 44.6 Å². The number of benzene rings is 1. The van der Waals surface area contributed by atoms with Gasteiger partial charge in [-0.2, -0.15) is 0 Å². The van der Waals surface area contributed by atoms with Gasteiger partial charge in [-0.1, -0.05) is 32.1 Å². The van der Waals surface area contributed by atoms with E-state index in [0.717, 1.165) is 31.0 Å². The lowest BCUT2D eigenvalue weighted by Gasteiger charge is -2.22. The molecule has 1 radical (unpaired) electrons. The van der Waals surface area contributed by atoms with Crippen LogP contribution in [0.15, 0.2) is 18.2 Å². The second kappa shape index (κ2) is 9.34. The highest BCUT2D eigenvalue weighted by Crippen LogP contribution is 2.26. The van der Waals surface area contributed by atoms with E-state index in [4.69, 9.17) is 5.73 Å². The van der Waals surface area contributed by atoms with Crippen LogP contribution in [-0.4, -0.2) is 24.4 Å². The van der Waals surface area contributed by atoms with E-state index in [-0.39, 0.29) is 18.1 Å². The van der Waals surface area contributed by atoms with Crippen LogP contribution in [0.2, 0.25) is 0 Å². The Hall–Kier alpha value is -2.18. The lowest BCUT2D eigenvalue weighted by Crippen LogP contribution is -2.48. The van der Waals surface area contributed by atoms with E-state index in [0.29, 0.717) is 12.3 Å². The summed E-state index contributed by atoms with van der Waals surface area (Å²) in [5.41, 5.74) is 5.19. The summed E-state index contributed by atoms with van der Waals surface area (Å²) in [6.07, 6.45) is 8.06. The summed E-state index contributed by atoms with van der Waals surface area (Å²) in [6.45, 7) is -0.126. The van der Waals surface area contributed by atoms with Crippen LogP contribution >= 0.6 is 0 Å². The molecular weight excluding hydrogens is 328 g/mol. The van der Waals surface area contributed by atoms with Crippen molar-refractivity contribution in [1.82, 2.24) is 5.32 Å². The first kappa shape index (κ1) is 19.1. The molecule has 2 amide bonds. The van der Waals surface area contributed by atoms with Crippen LogP contribution in [0.1, 0.15) is 38.5 Å². The standard InChI is InChI=1S/C18H24F2N3O2/c19-13-7-8-14(20)15(10-13)22-11-16(18(21)25)23-17(24)9-6-12-4-2-1-3-5-12/h7-10,12,16,22H,1-6,11H2,(H2,21,25)(H,23,24)/t16-/m0/s1. The third kappa shape index (κ3) is 6.32. The summed E-state index contributed by atoms with van der Waals surface area (Å²) in [4.78, 5) is 23.5. The number of carbonyl (C=O) groups excluding carboxylic acids is 2. The third-order valence-corrected chi connectivity index (χ3v) is 4.45. The Morgan fingerprint density at radius 2 is 1.96 bits per heavy atom. The maximum Gasteiger partial charge on any atom is 0.241 e. The van der Waals surface area contributed by atoms with Crippen LogP contribution < -0.4 is 16.4 Å². The number of primary amides is 1. The van der Waals surface area contributed by atoms with Crippen molar-refractivity contribution >= 4 is 17.5 Å². The van der Waals surface area contributed by atoms with Gasteiger partial charge < -0.3 is 16.4 Å². The number of amides is 2. The molecule has 0 unspecified atom stereocenters. The summed E-state index contributed by atoms with van der Waals surface area (Å²) in [6, 6.07) is 1.93. The zero-order chi connectivity index (χ0) is 18.2. The molecule has 1 aliphatic rings. The number of anilines is 1. The van der Waals surface area contributed by atoms with Crippen molar-refractivity contribution in [2.24, 2.45) is 11.7 Å². The van der Waals surface area contributed by atoms with Gasteiger partial charge in [0.1, 0.15) is 17.7 Å². The molecule has 25 heavy (non-hydrogen) atoms. The maximum atomic E-state index is 13.6. The second-order valence-corrected chi connectivity index (χ2v) is 6.41. The molecule has 1 aromatic carbocycles. The quantitative estimate of drug-likeness (QED) is 0.672. The summed E-state index contributed by atoms with van der Waals surface area (Å²) >= 11 is 0. The van der Waals surface area contributed by atoms with E-state index in [1.807, 2.05) is 0 Å². The number of rotatable bonds is 8. The minimum absolute atomic E-state index is 0.0910. The summed E-state index contributed by atoms with van der Waals surface area (Å²) in [5, 5.41) is 5.11. The van der Waals surface area contributed by atoms with E-state index in [2.05, 4.69) is 10.6 Å². The molecule has 0 aromatic heterocycles. The van der Waals surface area contributed by atoms with Crippen LogP contribution in [-0.2, 0) is 9.59 Å². The minimum Gasteiger partial charge on any atom is -0.380 e. The fourth-order valence-corrected chi connectivity index (χ4v) is 2.99. The number of nitrogens with one attached hydrogen (secondary N) is 2. The summed E-state index contributed by atoms with van der Waals surface area (Å²) in [7, 11) is 0. The first-order valence-corrected chi connectivity index (χ1v) is 8.57. The molecule has 0 heterocycles. The normalized spacial score (nSPS) is 16.2. The van der Waals surface area contributed by atoms with Gasteiger partial charge >= 0.3 is 0 Å². The highest BCUT2D eigenvalue weighted by Gasteiger charge is 2.20. The Kier molecular flexibility index (Phi) is 7.16. The molecule has 137 valence electrons. The fraction of sp³-hybridized carbons (Fsp3) is 0.500. The van der Waals surface area contributed by atoms with E-state index in [1.54, 1.807) is 0 Å². The van der Waals surface area contributed by atoms with Crippen molar-refractivity contribution < 1.29 is 18.4 Å². The molecule has 1 atom stereocenters. The minimum atomic E-state index is -1.02. The number of carbonyl (C=O) groups is 2.